The first-order chi connectivity index (χ1) is 9.89. The van der Waals surface area contributed by atoms with Gasteiger partial charge in [-0.2, -0.15) is 0 Å². The zero-order valence-electron chi connectivity index (χ0n) is 10.9. The Morgan fingerprint density at radius 1 is 1.62 bits per heavy atom. The lowest BCUT2D eigenvalue weighted by molar-refractivity contribution is 0.0219. The molecule has 1 saturated heterocycles. The van der Waals surface area contributed by atoms with E-state index in [0.717, 1.165) is 6.21 Å². The highest BCUT2D eigenvalue weighted by Gasteiger charge is 2.28. The van der Waals surface area contributed by atoms with Gasteiger partial charge in [0.2, 0.25) is 0 Å². The molecule has 0 spiro atoms. The van der Waals surface area contributed by atoms with Gasteiger partial charge in [-0.1, -0.05) is 0 Å². The highest BCUT2D eigenvalue weighted by Crippen LogP contribution is 2.37. The Kier molecular flexibility index (Phi) is 4.86. The van der Waals surface area contributed by atoms with Crippen LogP contribution >= 0.6 is 7.82 Å². The number of ether oxygens (including phenoxy) is 1. The smallest absolute Gasteiger partial charge is 0.353 e. The summed E-state index contributed by atoms with van der Waals surface area (Å²) < 4.78 is 20.5. The van der Waals surface area contributed by atoms with Crippen LogP contribution in [-0.4, -0.2) is 44.9 Å². The molecule has 1 aliphatic heterocycles. The van der Waals surface area contributed by atoms with Gasteiger partial charge in [0.05, 0.1) is 24.6 Å². The Bertz CT molecular complexity index is 614. The molecule has 2 heterocycles. The maximum absolute atomic E-state index is 11.5. The van der Waals surface area contributed by atoms with Gasteiger partial charge in [-0.25, -0.2) is 9.55 Å². The fraction of sp³-hybridized carbons (Fsp3) is 0.500. The summed E-state index contributed by atoms with van der Waals surface area (Å²) >= 11 is 0. The number of anilines is 1. The first kappa shape index (κ1) is 15.8. The molecule has 0 unspecified atom stereocenters. The lowest BCUT2D eigenvalue weighted by atomic mass is 10.2. The second kappa shape index (κ2) is 6.46. The predicted molar refractivity (Wildman–Crippen MR) is 72.3 cm³/mol. The van der Waals surface area contributed by atoms with Crippen molar-refractivity contribution in [1.82, 2.24) is 9.97 Å². The van der Waals surface area contributed by atoms with Crippen molar-refractivity contribution in [3.8, 4) is 0 Å². The van der Waals surface area contributed by atoms with Crippen molar-refractivity contribution >= 4 is 19.9 Å². The quantitative estimate of drug-likeness (QED) is 0.356. The third kappa shape index (κ3) is 4.45. The number of hydrogen-bond donors (Lipinski definition) is 5. The SMILES string of the molecule is N=Cc1c(N[C@H]2CC[C@@H](COP(=O)(O)O)O2)nc[nH]c1=O. The average molecular weight is 318 g/mol. The number of phosphoric acid groups is 1. The van der Waals surface area contributed by atoms with Crippen LogP contribution in [0.5, 0.6) is 0 Å². The van der Waals surface area contributed by atoms with E-state index in [1.54, 1.807) is 0 Å². The van der Waals surface area contributed by atoms with Crippen LogP contribution in [-0.2, 0) is 13.8 Å². The number of phosphoric ester groups is 1. The minimum Gasteiger partial charge on any atom is -0.353 e. The molecule has 1 aliphatic rings. The van der Waals surface area contributed by atoms with E-state index >= 15 is 0 Å². The van der Waals surface area contributed by atoms with Gasteiger partial charge in [0.25, 0.3) is 5.56 Å². The van der Waals surface area contributed by atoms with E-state index in [2.05, 4.69) is 19.8 Å². The van der Waals surface area contributed by atoms with Crippen LogP contribution in [0.1, 0.15) is 18.4 Å². The van der Waals surface area contributed by atoms with Gasteiger partial charge < -0.3 is 30.2 Å². The summed E-state index contributed by atoms with van der Waals surface area (Å²) in [6.07, 6.45) is 2.27. The van der Waals surface area contributed by atoms with Crippen molar-refractivity contribution in [1.29, 1.82) is 5.41 Å². The van der Waals surface area contributed by atoms with Crippen molar-refractivity contribution in [2.24, 2.45) is 0 Å². The number of aromatic nitrogens is 2. The first-order valence-electron chi connectivity index (χ1n) is 6.09. The summed E-state index contributed by atoms with van der Waals surface area (Å²) in [5.74, 6) is 0.218. The van der Waals surface area contributed by atoms with Gasteiger partial charge in [0.15, 0.2) is 0 Å². The maximum Gasteiger partial charge on any atom is 0.469 e. The monoisotopic (exact) mass is 318 g/mol. The van der Waals surface area contributed by atoms with E-state index in [4.69, 9.17) is 19.9 Å². The molecule has 0 saturated carbocycles. The molecule has 1 aromatic rings. The molecule has 11 heteroatoms. The molecule has 5 N–H and O–H groups in total. The second-order valence-corrected chi connectivity index (χ2v) is 5.63. The van der Waals surface area contributed by atoms with Crippen molar-refractivity contribution in [2.45, 2.75) is 25.2 Å². The molecule has 2 atom stereocenters. The topological polar surface area (TPSA) is 158 Å². The van der Waals surface area contributed by atoms with Crippen LogP contribution in [0, 0.1) is 5.41 Å². The number of nitrogens with zero attached hydrogens (tertiary/aromatic N) is 1. The van der Waals surface area contributed by atoms with Crippen LogP contribution in [0.25, 0.3) is 0 Å². The van der Waals surface area contributed by atoms with Crippen LogP contribution < -0.4 is 10.9 Å². The molecular formula is C10H15N4O6P. The Morgan fingerprint density at radius 3 is 3.05 bits per heavy atom. The molecule has 0 aromatic carbocycles. The summed E-state index contributed by atoms with van der Waals surface area (Å²) in [4.78, 5) is 35.0. The largest absolute Gasteiger partial charge is 0.469 e. The Labute approximate surface area is 119 Å². The van der Waals surface area contributed by atoms with Crippen LogP contribution in [0.3, 0.4) is 0 Å². The number of nitrogens with one attached hydrogen (secondary N) is 3. The molecule has 116 valence electrons. The molecule has 1 aromatic heterocycles. The number of hydrogen-bond acceptors (Lipinski definition) is 7. The molecule has 0 amide bonds. The van der Waals surface area contributed by atoms with Crippen LogP contribution in [0.2, 0.25) is 0 Å². The summed E-state index contributed by atoms with van der Waals surface area (Å²) in [6.45, 7) is -0.220. The molecule has 10 nitrogen and oxygen atoms in total. The number of H-pyrrole nitrogens is 1. The Morgan fingerprint density at radius 2 is 2.38 bits per heavy atom. The van der Waals surface area contributed by atoms with E-state index < -0.39 is 25.7 Å². The van der Waals surface area contributed by atoms with E-state index in [1.165, 1.54) is 6.33 Å². The van der Waals surface area contributed by atoms with E-state index in [1.807, 2.05) is 0 Å². The van der Waals surface area contributed by atoms with E-state index in [0.29, 0.717) is 12.8 Å². The molecular weight excluding hydrogens is 303 g/mol. The fourth-order valence-corrected chi connectivity index (χ4v) is 2.29. The lowest BCUT2D eigenvalue weighted by Crippen LogP contribution is -2.25. The minimum absolute atomic E-state index is 0.0796. The van der Waals surface area contributed by atoms with Crippen molar-refractivity contribution < 1.29 is 23.6 Å². The van der Waals surface area contributed by atoms with Crippen molar-refractivity contribution in [3.63, 3.8) is 0 Å². The van der Waals surface area contributed by atoms with E-state index in [9.17, 15) is 9.36 Å². The molecule has 2 rings (SSSR count). The third-order valence-electron chi connectivity index (χ3n) is 2.87. The van der Waals surface area contributed by atoms with Gasteiger partial charge in [0, 0.05) is 6.21 Å². The Hall–Kier alpha value is -1.58. The van der Waals surface area contributed by atoms with Crippen LogP contribution in [0.4, 0.5) is 5.82 Å². The maximum atomic E-state index is 11.5. The van der Waals surface area contributed by atoms with Crippen LogP contribution in [0.15, 0.2) is 11.1 Å². The summed E-state index contributed by atoms with van der Waals surface area (Å²) in [7, 11) is -4.51. The Balaban J connectivity index is 1.94. The summed E-state index contributed by atoms with van der Waals surface area (Å²) in [5, 5.41) is 10.1. The predicted octanol–water partition coefficient (Wildman–Crippen LogP) is -0.206. The normalized spacial score (nSPS) is 22.2. The van der Waals surface area contributed by atoms with Crippen molar-refractivity contribution in [3.05, 3.63) is 22.2 Å². The highest BCUT2D eigenvalue weighted by atomic mass is 31.2. The fourth-order valence-electron chi connectivity index (χ4n) is 1.93. The molecule has 0 bridgehead atoms. The van der Waals surface area contributed by atoms with Crippen molar-refractivity contribution in [2.75, 3.05) is 11.9 Å². The van der Waals surface area contributed by atoms with Gasteiger partial charge in [-0.3, -0.25) is 9.32 Å². The first-order valence-corrected chi connectivity index (χ1v) is 7.62. The number of rotatable bonds is 6. The zero-order chi connectivity index (χ0) is 15.5. The third-order valence-corrected chi connectivity index (χ3v) is 3.35. The molecule has 0 aliphatic carbocycles. The van der Waals surface area contributed by atoms with Gasteiger partial charge in [0.1, 0.15) is 12.0 Å². The molecule has 21 heavy (non-hydrogen) atoms. The van der Waals surface area contributed by atoms with Gasteiger partial charge in [-0.15, -0.1) is 0 Å². The highest BCUT2D eigenvalue weighted by molar-refractivity contribution is 7.46. The second-order valence-electron chi connectivity index (χ2n) is 4.39. The lowest BCUT2D eigenvalue weighted by Gasteiger charge is -2.16. The van der Waals surface area contributed by atoms with Gasteiger partial charge >= 0.3 is 7.82 Å². The standard InChI is InChI=1S/C10H15N4O6P/c11-3-7-9(12-5-13-10(7)15)14-8-2-1-6(20-8)4-19-21(16,17)18/h3,5-6,8,11H,1-2,4H2,(H2,16,17,18)(H2,12,13,14,15)/t6-,8+/m0/s1. The zero-order valence-corrected chi connectivity index (χ0v) is 11.7. The van der Waals surface area contributed by atoms with Gasteiger partial charge in [-0.05, 0) is 12.8 Å². The molecule has 0 radical (unpaired) electrons. The molecule has 1 fully saturated rings. The summed E-state index contributed by atoms with van der Waals surface area (Å²) in [6, 6.07) is 0. The summed E-state index contributed by atoms with van der Waals surface area (Å²) in [5.41, 5.74) is -0.363. The minimum atomic E-state index is -4.51. The van der Waals surface area contributed by atoms with E-state index in [-0.39, 0.29) is 18.0 Å². The average Bonchev–Trinajstić information content (AvgIpc) is 2.84. The number of aromatic amines is 1.